The van der Waals surface area contributed by atoms with Crippen LogP contribution >= 0.6 is 12.2 Å². The average Bonchev–Trinajstić information content (AvgIpc) is 2.46. The highest BCUT2D eigenvalue weighted by atomic mass is 32.1. The number of fused-ring (bicyclic) bond motifs is 1. The van der Waals surface area contributed by atoms with E-state index in [1.807, 2.05) is 12.1 Å². The van der Waals surface area contributed by atoms with E-state index < -0.39 is 0 Å². The van der Waals surface area contributed by atoms with Crippen molar-refractivity contribution in [3.8, 4) is 17.2 Å². The molecule has 0 aliphatic carbocycles. The number of rotatable bonds is 3. The zero-order valence-electron chi connectivity index (χ0n) is 10.7. The maximum Gasteiger partial charge on any atom is 0.203 e. The van der Waals surface area contributed by atoms with Crippen LogP contribution in [0.15, 0.2) is 17.2 Å². The highest BCUT2D eigenvalue weighted by molar-refractivity contribution is 7.80. The number of methoxy groups -OCH3 is 1. The Kier molecular flexibility index (Phi) is 4.40. The minimum Gasteiger partial charge on any atom is -0.493 e. The van der Waals surface area contributed by atoms with Gasteiger partial charge < -0.3 is 19.5 Å². The predicted molar refractivity (Wildman–Crippen MR) is 76.4 cm³/mol. The standard InChI is InChI=1S/C12H15N3O3S/c1-13-12(19)15-14-7-8-5-9(16-2)11-10(6-8)17-3-4-18-11/h5-7H,3-4H2,1-2H3,(H2,13,15,19)/b14-7-. The molecule has 1 aliphatic heterocycles. The van der Waals surface area contributed by atoms with Crippen molar-refractivity contribution in [2.45, 2.75) is 0 Å². The summed E-state index contributed by atoms with van der Waals surface area (Å²) in [5, 5.41) is 7.21. The Bertz CT molecular complexity index is 488. The Morgan fingerprint density at radius 1 is 1.42 bits per heavy atom. The molecule has 6 nitrogen and oxygen atoms in total. The molecule has 1 aliphatic rings. The summed E-state index contributed by atoms with van der Waals surface area (Å²) < 4.78 is 16.3. The lowest BCUT2D eigenvalue weighted by molar-refractivity contribution is 0.165. The molecule has 0 unspecified atom stereocenters. The van der Waals surface area contributed by atoms with Gasteiger partial charge in [-0.25, -0.2) is 0 Å². The van der Waals surface area contributed by atoms with Crippen molar-refractivity contribution >= 4 is 23.5 Å². The van der Waals surface area contributed by atoms with E-state index in [1.54, 1.807) is 20.4 Å². The lowest BCUT2D eigenvalue weighted by atomic mass is 10.2. The van der Waals surface area contributed by atoms with E-state index in [1.165, 1.54) is 0 Å². The topological polar surface area (TPSA) is 64.1 Å². The quantitative estimate of drug-likeness (QED) is 0.487. The number of ether oxygens (including phenoxy) is 3. The van der Waals surface area contributed by atoms with Crippen LogP contribution in [-0.4, -0.2) is 38.7 Å². The summed E-state index contributed by atoms with van der Waals surface area (Å²) in [6.07, 6.45) is 1.63. The van der Waals surface area contributed by atoms with Gasteiger partial charge in [0.1, 0.15) is 13.2 Å². The van der Waals surface area contributed by atoms with E-state index >= 15 is 0 Å². The van der Waals surface area contributed by atoms with Crippen LogP contribution in [0.2, 0.25) is 0 Å². The molecule has 0 radical (unpaired) electrons. The van der Waals surface area contributed by atoms with Gasteiger partial charge in [0.15, 0.2) is 16.6 Å². The smallest absolute Gasteiger partial charge is 0.203 e. The highest BCUT2D eigenvalue weighted by Crippen LogP contribution is 2.39. The summed E-state index contributed by atoms with van der Waals surface area (Å²) in [4.78, 5) is 0. The van der Waals surface area contributed by atoms with Gasteiger partial charge in [-0.15, -0.1) is 0 Å². The van der Waals surface area contributed by atoms with E-state index in [0.29, 0.717) is 35.6 Å². The summed E-state index contributed by atoms with van der Waals surface area (Å²) in [6.45, 7) is 1.05. The van der Waals surface area contributed by atoms with Crippen LogP contribution in [0.3, 0.4) is 0 Å². The molecule has 0 bridgehead atoms. The molecule has 0 atom stereocenters. The zero-order chi connectivity index (χ0) is 13.7. The van der Waals surface area contributed by atoms with Gasteiger partial charge >= 0.3 is 0 Å². The molecule has 0 saturated heterocycles. The van der Waals surface area contributed by atoms with Gasteiger partial charge in [0.2, 0.25) is 5.75 Å². The molecule has 1 aromatic carbocycles. The molecule has 0 saturated carbocycles. The van der Waals surface area contributed by atoms with E-state index in [2.05, 4.69) is 15.8 Å². The Morgan fingerprint density at radius 2 is 2.21 bits per heavy atom. The molecule has 0 fully saturated rings. The fourth-order valence-corrected chi connectivity index (χ4v) is 1.64. The van der Waals surface area contributed by atoms with Crippen molar-refractivity contribution in [1.29, 1.82) is 0 Å². The van der Waals surface area contributed by atoms with Crippen LogP contribution in [0.1, 0.15) is 5.56 Å². The Morgan fingerprint density at radius 3 is 2.95 bits per heavy atom. The molecule has 0 amide bonds. The Balaban J connectivity index is 2.19. The predicted octanol–water partition coefficient (Wildman–Crippen LogP) is 0.894. The van der Waals surface area contributed by atoms with Crippen LogP contribution < -0.4 is 25.0 Å². The van der Waals surface area contributed by atoms with Crippen LogP contribution in [0.5, 0.6) is 17.2 Å². The Labute approximate surface area is 116 Å². The SMILES string of the molecule is CNC(=S)N/N=C\c1cc(OC)c2c(c1)OCCO2. The number of thiocarbonyl (C=S) groups is 1. The van der Waals surface area contributed by atoms with Gasteiger partial charge in [-0.3, -0.25) is 5.43 Å². The maximum atomic E-state index is 5.53. The molecular formula is C12H15N3O3S. The van der Waals surface area contributed by atoms with E-state index in [9.17, 15) is 0 Å². The van der Waals surface area contributed by atoms with Crippen LogP contribution in [-0.2, 0) is 0 Å². The second kappa shape index (κ2) is 6.24. The maximum absolute atomic E-state index is 5.53. The number of hydrogen-bond acceptors (Lipinski definition) is 5. The summed E-state index contributed by atoms with van der Waals surface area (Å²) in [7, 11) is 3.31. The largest absolute Gasteiger partial charge is 0.493 e. The minimum atomic E-state index is 0.445. The third kappa shape index (κ3) is 3.25. The lowest BCUT2D eigenvalue weighted by Crippen LogP contribution is -2.28. The fraction of sp³-hybridized carbons (Fsp3) is 0.333. The molecule has 0 aromatic heterocycles. The first kappa shape index (κ1) is 13.4. The number of hydrogen-bond donors (Lipinski definition) is 2. The summed E-state index contributed by atoms with van der Waals surface area (Å²) in [5.74, 6) is 1.91. The van der Waals surface area contributed by atoms with Crippen LogP contribution in [0.25, 0.3) is 0 Å². The molecule has 1 aromatic rings. The van der Waals surface area contributed by atoms with Gasteiger partial charge in [-0.2, -0.15) is 5.10 Å². The van der Waals surface area contributed by atoms with Gasteiger partial charge in [0, 0.05) is 12.6 Å². The van der Waals surface area contributed by atoms with E-state index in [4.69, 9.17) is 26.4 Å². The monoisotopic (exact) mass is 281 g/mol. The first-order chi connectivity index (χ1) is 9.24. The molecule has 102 valence electrons. The summed E-state index contributed by atoms with van der Waals surface area (Å²) in [6, 6.07) is 3.66. The van der Waals surface area contributed by atoms with Gasteiger partial charge in [-0.05, 0) is 24.4 Å². The molecule has 19 heavy (non-hydrogen) atoms. The van der Waals surface area contributed by atoms with Gasteiger partial charge in [-0.1, -0.05) is 0 Å². The molecule has 1 heterocycles. The van der Waals surface area contributed by atoms with Gasteiger partial charge in [0.05, 0.1) is 13.3 Å². The molecule has 2 rings (SSSR count). The summed E-state index contributed by atoms with van der Waals surface area (Å²) >= 11 is 4.91. The summed E-state index contributed by atoms with van der Waals surface area (Å²) in [5.41, 5.74) is 3.50. The third-order valence-corrected chi connectivity index (χ3v) is 2.75. The number of nitrogens with zero attached hydrogens (tertiary/aromatic N) is 1. The van der Waals surface area contributed by atoms with Crippen molar-refractivity contribution in [2.75, 3.05) is 27.4 Å². The van der Waals surface area contributed by atoms with Crippen LogP contribution in [0.4, 0.5) is 0 Å². The third-order valence-electron chi connectivity index (χ3n) is 2.46. The number of hydrazone groups is 1. The highest BCUT2D eigenvalue weighted by Gasteiger charge is 2.17. The normalized spacial score (nSPS) is 13.2. The molecule has 2 N–H and O–H groups in total. The average molecular weight is 281 g/mol. The molecule has 7 heteroatoms. The first-order valence-corrected chi connectivity index (χ1v) is 6.14. The lowest BCUT2D eigenvalue weighted by Gasteiger charge is -2.20. The van der Waals surface area contributed by atoms with Crippen molar-refractivity contribution in [3.63, 3.8) is 0 Å². The van der Waals surface area contributed by atoms with E-state index in [-0.39, 0.29) is 0 Å². The van der Waals surface area contributed by atoms with Crippen LogP contribution in [0, 0.1) is 0 Å². The minimum absolute atomic E-state index is 0.445. The van der Waals surface area contributed by atoms with Crippen molar-refractivity contribution in [3.05, 3.63) is 17.7 Å². The second-order valence-corrected chi connectivity index (χ2v) is 4.10. The Hall–Kier alpha value is -2.02. The van der Waals surface area contributed by atoms with Crippen molar-refractivity contribution in [1.82, 2.24) is 10.7 Å². The fourth-order valence-electron chi connectivity index (χ4n) is 1.59. The van der Waals surface area contributed by atoms with Gasteiger partial charge in [0.25, 0.3) is 0 Å². The second-order valence-electron chi connectivity index (χ2n) is 3.70. The first-order valence-electron chi connectivity index (χ1n) is 5.73. The van der Waals surface area contributed by atoms with Crippen molar-refractivity contribution in [2.24, 2.45) is 5.10 Å². The van der Waals surface area contributed by atoms with Crippen molar-refractivity contribution < 1.29 is 14.2 Å². The van der Waals surface area contributed by atoms with E-state index in [0.717, 1.165) is 5.56 Å². The molecule has 0 spiro atoms. The number of nitrogens with one attached hydrogen (secondary N) is 2. The zero-order valence-corrected chi connectivity index (χ0v) is 11.5. The molecular weight excluding hydrogens is 266 g/mol. The number of benzene rings is 1.